The van der Waals surface area contributed by atoms with Crippen LogP contribution in [0.3, 0.4) is 0 Å². The molecule has 1 N–H and O–H groups in total. The van der Waals surface area contributed by atoms with Crippen LogP contribution in [0.25, 0.3) is 0 Å². The molecule has 0 rings (SSSR count). The third-order valence-corrected chi connectivity index (χ3v) is 1.94. The molecule has 15 heavy (non-hydrogen) atoms. The van der Waals surface area contributed by atoms with Crippen molar-refractivity contribution in [3.05, 3.63) is 0 Å². The van der Waals surface area contributed by atoms with E-state index in [2.05, 4.69) is 5.32 Å². The number of hydrogen-bond donors (Lipinski definition) is 1. The smallest absolute Gasteiger partial charge is 0.383 e. The van der Waals surface area contributed by atoms with Crippen molar-refractivity contribution >= 4 is 0 Å². The standard InChI is InChI=1S/C9H19F3N2O/c1-3-14(8-9(10,11)12)6-4-13-5-7-15-2/h13H,3-8H2,1-2H3. The summed E-state index contributed by atoms with van der Waals surface area (Å²) in [6.07, 6.45) is -4.11. The molecule has 0 aliphatic carbocycles. The van der Waals surface area contributed by atoms with Crippen LogP contribution in [0.15, 0.2) is 0 Å². The molecule has 0 aromatic rings. The quantitative estimate of drug-likeness (QED) is 0.630. The zero-order valence-corrected chi connectivity index (χ0v) is 9.23. The normalized spacial score (nSPS) is 12.4. The van der Waals surface area contributed by atoms with E-state index < -0.39 is 12.7 Å². The Bertz CT molecular complexity index is 153. The number of likely N-dealkylation sites (N-methyl/N-ethyl adjacent to an activating group) is 1. The summed E-state index contributed by atoms with van der Waals surface area (Å²) in [5.41, 5.74) is 0. The highest BCUT2D eigenvalue weighted by Gasteiger charge is 2.29. The average molecular weight is 228 g/mol. The second-order valence-corrected chi connectivity index (χ2v) is 3.23. The molecule has 0 aromatic heterocycles. The molecule has 0 radical (unpaired) electrons. The SMILES string of the molecule is CCN(CCNCCOC)CC(F)(F)F. The summed E-state index contributed by atoms with van der Waals surface area (Å²) in [5.74, 6) is 0. The highest BCUT2D eigenvalue weighted by atomic mass is 19.4. The van der Waals surface area contributed by atoms with E-state index in [0.717, 1.165) is 0 Å². The van der Waals surface area contributed by atoms with Crippen LogP contribution in [0.5, 0.6) is 0 Å². The minimum absolute atomic E-state index is 0.403. The van der Waals surface area contributed by atoms with Crippen molar-refractivity contribution in [2.24, 2.45) is 0 Å². The van der Waals surface area contributed by atoms with Gasteiger partial charge in [0, 0.05) is 26.7 Å². The van der Waals surface area contributed by atoms with Gasteiger partial charge in [-0.3, -0.25) is 4.90 Å². The molecule has 0 bridgehead atoms. The molecule has 0 aliphatic rings. The van der Waals surface area contributed by atoms with E-state index in [1.165, 1.54) is 4.90 Å². The first kappa shape index (κ1) is 14.7. The number of hydrogen-bond acceptors (Lipinski definition) is 3. The lowest BCUT2D eigenvalue weighted by atomic mass is 10.4. The van der Waals surface area contributed by atoms with E-state index in [1.807, 2.05) is 0 Å². The molecular weight excluding hydrogens is 209 g/mol. The number of nitrogens with one attached hydrogen (secondary N) is 1. The minimum atomic E-state index is -4.11. The lowest BCUT2D eigenvalue weighted by molar-refractivity contribution is -0.145. The summed E-state index contributed by atoms with van der Waals surface area (Å²) in [7, 11) is 1.59. The third kappa shape index (κ3) is 9.96. The van der Waals surface area contributed by atoms with Crippen molar-refractivity contribution in [3.8, 4) is 0 Å². The Morgan fingerprint density at radius 1 is 1.27 bits per heavy atom. The van der Waals surface area contributed by atoms with Gasteiger partial charge in [-0.2, -0.15) is 13.2 Å². The predicted molar refractivity (Wildman–Crippen MR) is 52.9 cm³/mol. The van der Waals surface area contributed by atoms with Gasteiger partial charge >= 0.3 is 6.18 Å². The molecule has 0 amide bonds. The predicted octanol–water partition coefficient (Wildman–Crippen LogP) is 1.11. The number of alkyl halides is 3. The van der Waals surface area contributed by atoms with Crippen LogP contribution in [0.2, 0.25) is 0 Å². The topological polar surface area (TPSA) is 24.5 Å². The van der Waals surface area contributed by atoms with Crippen molar-refractivity contribution in [1.82, 2.24) is 10.2 Å². The molecule has 0 saturated carbocycles. The number of rotatable bonds is 8. The summed E-state index contributed by atoms with van der Waals surface area (Å²) in [5, 5.41) is 3.00. The van der Waals surface area contributed by atoms with Crippen molar-refractivity contribution < 1.29 is 17.9 Å². The summed E-state index contributed by atoms with van der Waals surface area (Å²) >= 11 is 0. The highest BCUT2D eigenvalue weighted by molar-refractivity contribution is 4.62. The first-order chi connectivity index (χ1) is 6.99. The Balaban J connectivity index is 3.53. The second-order valence-electron chi connectivity index (χ2n) is 3.23. The van der Waals surface area contributed by atoms with Crippen molar-refractivity contribution in [2.75, 3.05) is 46.4 Å². The van der Waals surface area contributed by atoms with Gasteiger partial charge in [-0.25, -0.2) is 0 Å². The van der Waals surface area contributed by atoms with E-state index >= 15 is 0 Å². The van der Waals surface area contributed by atoms with Gasteiger partial charge in [-0.15, -0.1) is 0 Å². The zero-order chi connectivity index (χ0) is 11.7. The Morgan fingerprint density at radius 2 is 1.93 bits per heavy atom. The molecule has 3 nitrogen and oxygen atoms in total. The molecule has 0 heterocycles. The molecule has 92 valence electrons. The van der Waals surface area contributed by atoms with Gasteiger partial charge in [0.15, 0.2) is 0 Å². The lowest BCUT2D eigenvalue weighted by Gasteiger charge is -2.21. The largest absolute Gasteiger partial charge is 0.401 e. The van der Waals surface area contributed by atoms with E-state index in [9.17, 15) is 13.2 Å². The van der Waals surface area contributed by atoms with Gasteiger partial charge in [0.25, 0.3) is 0 Å². The maximum atomic E-state index is 12.0. The van der Waals surface area contributed by atoms with Crippen molar-refractivity contribution in [2.45, 2.75) is 13.1 Å². The monoisotopic (exact) mass is 228 g/mol. The summed E-state index contributed by atoms with van der Waals surface area (Å²) < 4.78 is 40.9. The van der Waals surface area contributed by atoms with E-state index in [0.29, 0.717) is 32.8 Å². The van der Waals surface area contributed by atoms with E-state index in [1.54, 1.807) is 14.0 Å². The van der Waals surface area contributed by atoms with Gasteiger partial charge in [0.05, 0.1) is 13.2 Å². The lowest BCUT2D eigenvalue weighted by Crippen LogP contribution is -2.39. The molecule has 0 aliphatic heterocycles. The first-order valence-electron chi connectivity index (χ1n) is 4.98. The Morgan fingerprint density at radius 3 is 2.40 bits per heavy atom. The van der Waals surface area contributed by atoms with Crippen LogP contribution in [0.4, 0.5) is 13.2 Å². The van der Waals surface area contributed by atoms with Gasteiger partial charge in [-0.1, -0.05) is 6.92 Å². The van der Waals surface area contributed by atoms with E-state index in [-0.39, 0.29) is 0 Å². The Labute approximate surface area is 88.6 Å². The molecule has 0 aromatic carbocycles. The molecule has 0 spiro atoms. The fourth-order valence-electron chi connectivity index (χ4n) is 1.14. The van der Waals surface area contributed by atoms with Crippen LogP contribution < -0.4 is 5.32 Å². The highest BCUT2D eigenvalue weighted by Crippen LogP contribution is 2.15. The fourth-order valence-corrected chi connectivity index (χ4v) is 1.14. The Kier molecular flexibility index (Phi) is 7.72. The van der Waals surface area contributed by atoms with Crippen LogP contribution in [-0.2, 0) is 4.74 Å². The van der Waals surface area contributed by atoms with E-state index in [4.69, 9.17) is 4.74 Å². The third-order valence-electron chi connectivity index (χ3n) is 1.94. The molecular formula is C9H19F3N2O. The van der Waals surface area contributed by atoms with Crippen molar-refractivity contribution in [3.63, 3.8) is 0 Å². The summed E-state index contributed by atoms with van der Waals surface area (Å²) in [6.45, 7) is 3.49. The fraction of sp³-hybridized carbons (Fsp3) is 1.00. The van der Waals surface area contributed by atoms with Crippen LogP contribution in [0, 0.1) is 0 Å². The first-order valence-corrected chi connectivity index (χ1v) is 4.98. The summed E-state index contributed by atoms with van der Waals surface area (Å²) in [6, 6.07) is 0. The molecule has 0 atom stereocenters. The minimum Gasteiger partial charge on any atom is -0.383 e. The maximum Gasteiger partial charge on any atom is 0.401 e. The molecule has 0 saturated heterocycles. The number of methoxy groups -OCH3 is 1. The van der Waals surface area contributed by atoms with Gasteiger partial charge in [-0.05, 0) is 6.54 Å². The van der Waals surface area contributed by atoms with Crippen LogP contribution in [-0.4, -0.2) is 57.5 Å². The maximum absolute atomic E-state index is 12.0. The van der Waals surface area contributed by atoms with Gasteiger partial charge in [0.1, 0.15) is 0 Å². The van der Waals surface area contributed by atoms with Crippen LogP contribution in [0.1, 0.15) is 6.92 Å². The zero-order valence-electron chi connectivity index (χ0n) is 9.23. The van der Waals surface area contributed by atoms with Crippen molar-refractivity contribution in [1.29, 1.82) is 0 Å². The molecule has 0 unspecified atom stereocenters. The van der Waals surface area contributed by atoms with Gasteiger partial charge < -0.3 is 10.1 Å². The number of halogens is 3. The van der Waals surface area contributed by atoms with Crippen LogP contribution >= 0.6 is 0 Å². The number of ether oxygens (including phenoxy) is 1. The molecule has 0 fully saturated rings. The second kappa shape index (κ2) is 7.90. The average Bonchev–Trinajstić information content (AvgIpc) is 2.14. The number of nitrogens with zero attached hydrogens (tertiary/aromatic N) is 1. The summed E-state index contributed by atoms with van der Waals surface area (Å²) in [4.78, 5) is 1.36. The molecule has 6 heteroatoms. The Hall–Kier alpha value is -0.330. The van der Waals surface area contributed by atoms with Gasteiger partial charge in [0.2, 0.25) is 0 Å².